The number of halogens is 1. The van der Waals surface area contributed by atoms with Crippen molar-refractivity contribution < 1.29 is 14.3 Å². The van der Waals surface area contributed by atoms with E-state index in [1.807, 2.05) is 6.92 Å². The van der Waals surface area contributed by atoms with Crippen LogP contribution in [0.4, 0.5) is 4.39 Å². The van der Waals surface area contributed by atoms with Crippen molar-refractivity contribution in [3.05, 3.63) is 29.6 Å². The fraction of sp³-hybridized carbons (Fsp3) is 0.533. The molecule has 4 heteroatoms. The molecule has 1 aromatic rings. The minimum atomic E-state index is -0.702. The molecule has 3 nitrogen and oxygen atoms in total. The van der Waals surface area contributed by atoms with Gasteiger partial charge in [-0.2, -0.15) is 0 Å². The van der Waals surface area contributed by atoms with Crippen LogP contribution < -0.4 is 5.32 Å². The number of carbonyl (C=O) groups excluding carboxylic acids is 1. The van der Waals surface area contributed by atoms with Gasteiger partial charge in [0, 0.05) is 6.04 Å². The highest BCUT2D eigenvalue weighted by atomic mass is 19.1. The van der Waals surface area contributed by atoms with E-state index in [4.69, 9.17) is 0 Å². The number of benzene rings is 1. The molecular weight excluding hydrogens is 245 g/mol. The van der Waals surface area contributed by atoms with Gasteiger partial charge in [-0.15, -0.1) is 0 Å². The maximum absolute atomic E-state index is 13.5. The minimum Gasteiger partial charge on any atom is -0.507 e. The minimum absolute atomic E-state index is 0.0368. The summed E-state index contributed by atoms with van der Waals surface area (Å²) in [5.74, 6) is -0.954. The number of phenolic OH excluding ortho intramolecular Hbond substituents is 1. The van der Waals surface area contributed by atoms with Crippen molar-refractivity contribution in [1.29, 1.82) is 0 Å². The molecule has 1 unspecified atom stereocenters. The van der Waals surface area contributed by atoms with Gasteiger partial charge in [0.25, 0.3) is 5.91 Å². The molecule has 0 heterocycles. The molecule has 1 rings (SSSR count). The number of carbonyl (C=O) groups is 1. The first-order chi connectivity index (χ1) is 8.91. The van der Waals surface area contributed by atoms with Crippen LogP contribution in [-0.4, -0.2) is 17.1 Å². The maximum atomic E-state index is 13.5. The van der Waals surface area contributed by atoms with Crippen LogP contribution in [0.1, 0.15) is 50.4 Å². The summed E-state index contributed by atoms with van der Waals surface area (Å²) in [4.78, 5) is 11.9. The van der Waals surface area contributed by atoms with Crippen LogP contribution in [-0.2, 0) is 0 Å². The Bertz CT molecular complexity index is 412. The second kappa shape index (κ2) is 7.12. The highest BCUT2D eigenvalue weighted by molar-refractivity contribution is 5.97. The largest absolute Gasteiger partial charge is 0.507 e. The van der Waals surface area contributed by atoms with E-state index in [-0.39, 0.29) is 17.4 Å². The van der Waals surface area contributed by atoms with Crippen LogP contribution in [0.25, 0.3) is 0 Å². The van der Waals surface area contributed by atoms with E-state index >= 15 is 0 Å². The first kappa shape index (κ1) is 15.5. The summed E-state index contributed by atoms with van der Waals surface area (Å²) >= 11 is 0. The molecule has 0 fully saturated rings. The zero-order valence-electron chi connectivity index (χ0n) is 11.7. The zero-order valence-corrected chi connectivity index (χ0v) is 11.7. The molecule has 0 aromatic heterocycles. The summed E-state index contributed by atoms with van der Waals surface area (Å²) < 4.78 is 13.5. The summed E-state index contributed by atoms with van der Waals surface area (Å²) in [6.07, 6.45) is 2.96. The van der Waals surface area contributed by atoms with Crippen LogP contribution >= 0.6 is 0 Å². The van der Waals surface area contributed by atoms with Crippen LogP contribution in [0.2, 0.25) is 0 Å². The molecule has 0 bridgehead atoms. The van der Waals surface area contributed by atoms with E-state index in [1.165, 1.54) is 12.1 Å². The van der Waals surface area contributed by atoms with Crippen molar-refractivity contribution in [3.63, 3.8) is 0 Å². The second-order valence-electron chi connectivity index (χ2n) is 5.33. The SMILES string of the molecule is CC(C)CCCC(C)NC(=O)c1c(O)cccc1F. The van der Waals surface area contributed by atoms with Gasteiger partial charge in [0.2, 0.25) is 0 Å². The van der Waals surface area contributed by atoms with Crippen molar-refractivity contribution in [1.82, 2.24) is 5.32 Å². The molecule has 2 N–H and O–H groups in total. The van der Waals surface area contributed by atoms with Crippen LogP contribution in [0.5, 0.6) is 5.75 Å². The van der Waals surface area contributed by atoms with E-state index in [1.54, 1.807) is 0 Å². The number of hydrogen-bond acceptors (Lipinski definition) is 2. The Morgan fingerprint density at radius 2 is 2.00 bits per heavy atom. The van der Waals surface area contributed by atoms with Crippen LogP contribution in [0, 0.1) is 11.7 Å². The van der Waals surface area contributed by atoms with Crippen molar-refractivity contribution in [2.24, 2.45) is 5.92 Å². The van der Waals surface area contributed by atoms with Gasteiger partial charge in [-0.25, -0.2) is 4.39 Å². The molecule has 1 aromatic carbocycles. The van der Waals surface area contributed by atoms with Crippen molar-refractivity contribution in [2.45, 2.75) is 46.1 Å². The molecule has 0 aliphatic rings. The molecule has 0 radical (unpaired) electrons. The molecular formula is C15H22FNO2. The van der Waals surface area contributed by atoms with Gasteiger partial charge < -0.3 is 10.4 Å². The Balaban J connectivity index is 2.55. The molecule has 0 spiro atoms. The maximum Gasteiger partial charge on any atom is 0.258 e. The fourth-order valence-electron chi connectivity index (χ4n) is 1.94. The Hall–Kier alpha value is -1.58. The van der Waals surface area contributed by atoms with Gasteiger partial charge in [0.05, 0.1) is 0 Å². The number of rotatable bonds is 6. The van der Waals surface area contributed by atoms with Gasteiger partial charge in [0.1, 0.15) is 17.1 Å². The second-order valence-corrected chi connectivity index (χ2v) is 5.33. The summed E-state index contributed by atoms with van der Waals surface area (Å²) in [6.45, 7) is 6.19. The number of phenols is 1. The van der Waals surface area contributed by atoms with E-state index in [0.29, 0.717) is 5.92 Å². The first-order valence-corrected chi connectivity index (χ1v) is 6.70. The summed E-state index contributed by atoms with van der Waals surface area (Å²) in [5.41, 5.74) is -0.279. The molecule has 0 aliphatic heterocycles. The Labute approximate surface area is 113 Å². The number of hydrogen-bond donors (Lipinski definition) is 2. The number of nitrogens with one attached hydrogen (secondary N) is 1. The summed E-state index contributed by atoms with van der Waals surface area (Å²) in [5, 5.41) is 12.2. The molecule has 0 saturated carbocycles. The van der Waals surface area contributed by atoms with E-state index in [9.17, 15) is 14.3 Å². The fourth-order valence-corrected chi connectivity index (χ4v) is 1.94. The topological polar surface area (TPSA) is 49.3 Å². The van der Waals surface area contributed by atoms with Gasteiger partial charge in [-0.1, -0.05) is 32.8 Å². The third-order valence-corrected chi connectivity index (χ3v) is 3.01. The predicted molar refractivity (Wildman–Crippen MR) is 73.7 cm³/mol. The Morgan fingerprint density at radius 1 is 1.32 bits per heavy atom. The third kappa shape index (κ3) is 4.89. The standard InChI is InChI=1S/C15H22FNO2/c1-10(2)6-4-7-11(3)17-15(19)14-12(16)8-5-9-13(14)18/h5,8-11,18H,4,6-7H2,1-3H3,(H,17,19). The normalized spacial score (nSPS) is 12.5. The molecule has 1 atom stereocenters. The average molecular weight is 267 g/mol. The molecule has 106 valence electrons. The molecule has 19 heavy (non-hydrogen) atoms. The van der Waals surface area contributed by atoms with Crippen molar-refractivity contribution >= 4 is 5.91 Å². The van der Waals surface area contributed by atoms with Gasteiger partial charge >= 0.3 is 0 Å². The average Bonchev–Trinajstić information content (AvgIpc) is 2.27. The Morgan fingerprint density at radius 3 is 2.58 bits per heavy atom. The van der Waals surface area contributed by atoms with Gasteiger partial charge in [-0.05, 0) is 31.4 Å². The monoisotopic (exact) mass is 267 g/mol. The quantitative estimate of drug-likeness (QED) is 0.829. The van der Waals surface area contributed by atoms with Gasteiger partial charge in [-0.3, -0.25) is 4.79 Å². The van der Waals surface area contributed by atoms with Crippen LogP contribution in [0.15, 0.2) is 18.2 Å². The lowest BCUT2D eigenvalue weighted by molar-refractivity contribution is 0.0931. The summed E-state index contributed by atoms with van der Waals surface area (Å²) in [7, 11) is 0. The number of amides is 1. The molecule has 0 saturated heterocycles. The lowest BCUT2D eigenvalue weighted by Crippen LogP contribution is -2.33. The van der Waals surface area contributed by atoms with E-state index < -0.39 is 11.7 Å². The lowest BCUT2D eigenvalue weighted by atomic mass is 10.0. The predicted octanol–water partition coefficient (Wildman–Crippen LogP) is 3.48. The molecule has 0 aliphatic carbocycles. The molecule has 1 amide bonds. The van der Waals surface area contributed by atoms with E-state index in [0.717, 1.165) is 25.3 Å². The van der Waals surface area contributed by atoms with Gasteiger partial charge in [0.15, 0.2) is 0 Å². The lowest BCUT2D eigenvalue weighted by Gasteiger charge is -2.15. The summed E-state index contributed by atoms with van der Waals surface area (Å²) in [6, 6.07) is 3.80. The highest BCUT2D eigenvalue weighted by Gasteiger charge is 2.17. The van der Waals surface area contributed by atoms with E-state index in [2.05, 4.69) is 19.2 Å². The highest BCUT2D eigenvalue weighted by Crippen LogP contribution is 2.20. The first-order valence-electron chi connectivity index (χ1n) is 6.70. The smallest absolute Gasteiger partial charge is 0.258 e. The third-order valence-electron chi connectivity index (χ3n) is 3.01. The van der Waals surface area contributed by atoms with Crippen molar-refractivity contribution in [2.75, 3.05) is 0 Å². The zero-order chi connectivity index (χ0) is 14.4. The van der Waals surface area contributed by atoms with Crippen molar-refractivity contribution in [3.8, 4) is 5.75 Å². The Kier molecular flexibility index (Phi) is 5.80. The number of aromatic hydroxyl groups is 1. The van der Waals surface area contributed by atoms with Crippen LogP contribution in [0.3, 0.4) is 0 Å².